The highest BCUT2D eigenvalue weighted by molar-refractivity contribution is 9.10. The molecule has 0 aliphatic heterocycles. The van der Waals surface area contributed by atoms with Crippen LogP contribution in [0.2, 0.25) is 0 Å². The zero-order valence-electron chi connectivity index (χ0n) is 10.6. The molecule has 0 bridgehead atoms. The van der Waals surface area contributed by atoms with E-state index < -0.39 is 0 Å². The van der Waals surface area contributed by atoms with Crippen LogP contribution in [-0.2, 0) is 6.42 Å². The van der Waals surface area contributed by atoms with Crippen LogP contribution in [0.1, 0.15) is 28.7 Å². The second-order valence-corrected chi connectivity index (χ2v) is 4.84. The van der Waals surface area contributed by atoms with Gasteiger partial charge >= 0.3 is 0 Å². The number of amides is 1. The Morgan fingerprint density at radius 1 is 1.37 bits per heavy atom. The van der Waals surface area contributed by atoms with Gasteiger partial charge in [-0.25, -0.2) is 4.98 Å². The van der Waals surface area contributed by atoms with Crippen molar-refractivity contribution in [2.45, 2.75) is 20.3 Å². The van der Waals surface area contributed by atoms with Crippen molar-refractivity contribution < 1.29 is 4.79 Å². The Labute approximate surface area is 119 Å². The summed E-state index contributed by atoms with van der Waals surface area (Å²) in [5.74, 6) is -0.195. The minimum atomic E-state index is -0.195. The van der Waals surface area contributed by atoms with E-state index in [4.69, 9.17) is 0 Å². The first-order valence-electron chi connectivity index (χ1n) is 5.86. The summed E-state index contributed by atoms with van der Waals surface area (Å²) < 4.78 is 0.723. The fraction of sp³-hybridized carbons (Fsp3) is 0.231. The predicted octanol–water partition coefficient (Wildman–Crippen LogP) is 2.76. The number of aryl methyl sites for hydroxylation is 2. The van der Waals surface area contributed by atoms with E-state index in [1.165, 1.54) is 0 Å². The predicted molar refractivity (Wildman–Crippen MR) is 76.0 cm³/mol. The van der Waals surface area contributed by atoms with Crippen LogP contribution in [0.5, 0.6) is 0 Å². The molecule has 2 heterocycles. The van der Waals surface area contributed by atoms with E-state index in [0.29, 0.717) is 23.4 Å². The van der Waals surface area contributed by atoms with E-state index in [9.17, 15) is 4.79 Å². The van der Waals surface area contributed by atoms with Gasteiger partial charge < -0.3 is 5.32 Å². The first-order valence-corrected chi connectivity index (χ1v) is 6.65. The Bertz CT molecular complexity index is 598. The van der Waals surface area contributed by atoms with Gasteiger partial charge in [0.1, 0.15) is 4.60 Å². The second kappa shape index (κ2) is 5.88. The average molecular weight is 321 g/mol. The Hall–Kier alpha value is -1.82. The van der Waals surface area contributed by atoms with Crippen molar-refractivity contribution in [3.05, 3.63) is 46.0 Å². The maximum absolute atomic E-state index is 12.2. The van der Waals surface area contributed by atoms with Gasteiger partial charge in [0.05, 0.1) is 28.8 Å². The Morgan fingerprint density at radius 3 is 2.79 bits per heavy atom. The van der Waals surface area contributed by atoms with E-state index in [1.54, 1.807) is 24.4 Å². The minimum absolute atomic E-state index is 0.195. The minimum Gasteiger partial charge on any atom is -0.321 e. The van der Waals surface area contributed by atoms with E-state index in [-0.39, 0.29) is 5.91 Å². The van der Waals surface area contributed by atoms with Crippen LogP contribution in [0, 0.1) is 6.92 Å². The smallest absolute Gasteiger partial charge is 0.257 e. The van der Waals surface area contributed by atoms with Gasteiger partial charge in [-0.1, -0.05) is 6.92 Å². The number of halogens is 1. The SMILES string of the molecule is CCc1nnc(C)cc1C(=O)Nc1ccc(Br)nc1. The van der Waals surface area contributed by atoms with Gasteiger partial charge in [0.15, 0.2) is 0 Å². The zero-order chi connectivity index (χ0) is 13.8. The summed E-state index contributed by atoms with van der Waals surface area (Å²) >= 11 is 3.25. The second-order valence-electron chi connectivity index (χ2n) is 4.02. The van der Waals surface area contributed by atoms with Crippen molar-refractivity contribution in [3.8, 4) is 0 Å². The van der Waals surface area contributed by atoms with Gasteiger partial charge in [-0.15, -0.1) is 0 Å². The van der Waals surface area contributed by atoms with Gasteiger partial charge in [-0.05, 0) is 47.5 Å². The number of hydrogen-bond donors (Lipinski definition) is 1. The summed E-state index contributed by atoms with van der Waals surface area (Å²) in [7, 11) is 0. The van der Waals surface area contributed by atoms with Gasteiger partial charge in [-0.3, -0.25) is 4.79 Å². The summed E-state index contributed by atoms with van der Waals surface area (Å²) in [5, 5.41) is 10.8. The van der Waals surface area contributed by atoms with Crippen molar-refractivity contribution >= 4 is 27.5 Å². The maximum atomic E-state index is 12.2. The molecule has 0 saturated carbocycles. The van der Waals surface area contributed by atoms with Crippen molar-refractivity contribution in [1.29, 1.82) is 0 Å². The molecule has 0 radical (unpaired) electrons. The molecule has 0 aliphatic rings. The lowest BCUT2D eigenvalue weighted by atomic mass is 10.1. The van der Waals surface area contributed by atoms with E-state index in [0.717, 1.165) is 10.3 Å². The molecule has 1 N–H and O–H groups in total. The molecule has 2 rings (SSSR count). The number of aromatic nitrogens is 3. The number of carbonyl (C=O) groups excluding carboxylic acids is 1. The zero-order valence-corrected chi connectivity index (χ0v) is 12.2. The van der Waals surface area contributed by atoms with Crippen molar-refractivity contribution in [2.24, 2.45) is 0 Å². The van der Waals surface area contributed by atoms with Crippen LogP contribution in [0.4, 0.5) is 5.69 Å². The molecular formula is C13H13BrN4O. The Balaban J connectivity index is 2.24. The summed E-state index contributed by atoms with van der Waals surface area (Å²) in [6, 6.07) is 5.29. The summed E-state index contributed by atoms with van der Waals surface area (Å²) in [4.78, 5) is 16.3. The fourth-order valence-corrected chi connectivity index (χ4v) is 1.85. The molecule has 0 aliphatic carbocycles. The van der Waals surface area contributed by atoms with Gasteiger partial charge in [0.2, 0.25) is 0 Å². The lowest BCUT2D eigenvalue weighted by Crippen LogP contribution is -2.16. The molecule has 0 unspecified atom stereocenters. The molecule has 6 heteroatoms. The molecule has 0 saturated heterocycles. The number of anilines is 1. The maximum Gasteiger partial charge on any atom is 0.257 e. The third-order valence-electron chi connectivity index (χ3n) is 2.56. The third kappa shape index (κ3) is 3.35. The van der Waals surface area contributed by atoms with Crippen LogP contribution in [-0.4, -0.2) is 21.1 Å². The van der Waals surface area contributed by atoms with Crippen LogP contribution < -0.4 is 5.32 Å². The lowest BCUT2D eigenvalue weighted by Gasteiger charge is -2.08. The van der Waals surface area contributed by atoms with Crippen LogP contribution >= 0.6 is 15.9 Å². The average Bonchev–Trinajstić information content (AvgIpc) is 2.41. The lowest BCUT2D eigenvalue weighted by molar-refractivity contribution is 0.102. The molecule has 19 heavy (non-hydrogen) atoms. The number of rotatable bonds is 3. The molecule has 2 aromatic heterocycles. The number of hydrogen-bond acceptors (Lipinski definition) is 4. The normalized spacial score (nSPS) is 10.3. The number of pyridine rings is 1. The highest BCUT2D eigenvalue weighted by Crippen LogP contribution is 2.14. The largest absolute Gasteiger partial charge is 0.321 e. The molecule has 98 valence electrons. The van der Waals surface area contributed by atoms with E-state index in [1.807, 2.05) is 13.8 Å². The van der Waals surface area contributed by atoms with Crippen LogP contribution in [0.15, 0.2) is 29.0 Å². The molecular weight excluding hydrogens is 308 g/mol. The van der Waals surface area contributed by atoms with E-state index >= 15 is 0 Å². The molecule has 0 fully saturated rings. The first kappa shape index (κ1) is 13.6. The van der Waals surface area contributed by atoms with E-state index in [2.05, 4.69) is 36.4 Å². The van der Waals surface area contributed by atoms with Crippen molar-refractivity contribution in [1.82, 2.24) is 15.2 Å². The summed E-state index contributed by atoms with van der Waals surface area (Å²) in [6.45, 7) is 3.75. The molecule has 5 nitrogen and oxygen atoms in total. The topological polar surface area (TPSA) is 67.8 Å². The van der Waals surface area contributed by atoms with Crippen LogP contribution in [0.25, 0.3) is 0 Å². The number of nitrogens with one attached hydrogen (secondary N) is 1. The first-order chi connectivity index (χ1) is 9.10. The van der Waals surface area contributed by atoms with Gasteiger partial charge in [0.25, 0.3) is 5.91 Å². The molecule has 1 amide bonds. The molecule has 0 atom stereocenters. The Kier molecular flexibility index (Phi) is 4.21. The van der Waals surface area contributed by atoms with Crippen LogP contribution in [0.3, 0.4) is 0 Å². The summed E-state index contributed by atoms with van der Waals surface area (Å²) in [5.41, 5.74) is 2.60. The standard InChI is InChI=1S/C13H13BrN4O/c1-3-11-10(6-8(2)17-18-11)13(19)16-9-4-5-12(14)15-7-9/h4-7H,3H2,1-2H3,(H,16,19). The quantitative estimate of drug-likeness (QED) is 0.883. The number of carbonyl (C=O) groups is 1. The summed E-state index contributed by atoms with van der Waals surface area (Å²) in [6.07, 6.45) is 2.25. The third-order valence-corrected chi connectivity index (χ3v) is 3.03. The van der Waals surface area contributed by atoms with Crippen molar-refractivity contribution in [3.63, 3.8) is 0 Å². The van der Waals surface area contributed by atoms with Gasteiger partial charge in [-0.2, -0.15) is 10.2 Å². The monoisotopic (exact) mass is 320 g/mol. The fourth-order valence-electron chi connectivity index (χ4n) is 1.62. The molecule has 0 spiro atoms. The van der Waals surface area contributed by atoms with Gasteiger partial charge in [0, 0.05) is 0 Å². The molecule has 2 aromatic rings. The molecule has 0 aromatic carbocycles. The Morgan fingerprint density at radius 2 is 2.16 bits per heavy atom. The van der Waals surface area contributed by atoms with Crippen molar-refractivity contribution in [2.75, 3.05) is 5.32 Å². The highest BCUT2D eigenvalue weighted by Gasteiger charge is 2.13. The number of nitrogens with zero attached hydrogens (tertiary/aromatic N) is 3. The highest BCUT2D eigenvalue weighted by atomic mass is 79.9.